The number of hydrogen-bond donors (Lipinski definition) is 2. The summed E-state index contributed by atoms with van der Waals surface area (Å²) in [4.78, 5) is 14.2. The van der Waals surface area contributed by atoms with Crippen LogP contribution in [0.25, 0.3) is 10.6 Å². The van der Waals surface area contributed by atoms with Crippen LogP contribution in [0.3, 0.4) is 0 Å². The molecule has 0 aromatic carbocycles. The maximum atomic E-state index is 11.9. The minimum atomic E-state index is -0.194. The van der Waals surface area contributed by atoms with Gasteiger partial charge in [0.15, 0.2) is 5.69 Å². The molecule has 0 radical (unpaired) electrons. The van der Waals surface area contributed by atoms with E-state index >= 15 is 0 Å². The number of rotatable bonds is 5. The second kappa shape index (κ2) is 5.99. The topological polar surface area (TPSA) is 67.0 Å². The minimum absolute atomic E-state index is 0.0402. The van der Waals surface area contributed by atoms with Gasteiger partial charge in [0.2, 0.25) is 0 Å². The average molecular weight is 279 g/mol. The molecule has 2 rings (SSSR count). The van der Waals surface area contributed by atoms with Gasteiger partial charge in [0.1, 0.15) is 0 Å². The molecule has 0 saturated carbocycles. The van der Waals surface area contributed by atoms with Crippen LogP contribution in [-0.4, -0.2) is 35.9 Å². The number of amides is 1. The highest BCUT2D eigenvalue weighted by atomic mass is 32.1. The Hall–Kier alpha value is -1.66. The van der Waals surface area contributed by atoms with Gasteiger partial charge in [-0.05, 0) is 32.0 Å². The molecule has 6 heteroatoms. The first-order chi connectivity index (χ1) is 9.10. The van der Waals surface area contributed by atoms with E-state index in [0.29, 0.717) is 12.3 Å². The normalized spacial score (nSPS) is 12.4. The van der Waals surface area contributed by atoms with Crippen molar-refractivity contribution in [3.8, 4) is 10.6 Å². The number of aryl methyl sites for hydroxylation is 1. The Morgan fingerprint density at radius 1 is 1.58 bits per heavy atom. The van der Waals surface area contributed by atoms with E-state index in [-0.39, 0.29) is 11.9 Å². The van der Waals surface area contributed by atoms with E-state index in [4.69, 9.17) is 4.74 Å². The summed E-state index contributed by atoms with van der Waals surface area (Å²) in [5, 5.41) is 9.76. The first-order valence-corrected chi connectivity index (χ1v) is 6.84. The molecular weight excluding hydrogens is 262 g/mol. The van der Waals surface area contributed by atoms with Crippen LogP contribution < -0.4 is 5.32 Å². The Bertz CT molecular complexity index is 562. The van der Waals surface area contributed by atoms with Gasteiger partial charge in [0, 0.05) is 18.0 Å². The van der Waals surface area contributed by atoms with Crippen LogP contribution in [0.2, 0.25) is 0 Å². The molecule has 0 saturated heterocycles. The Morgan fingerprint density at radius 2 is 2.37 bits per heavy atom. The predicted molar refractivity (Wildman–Crippen MR) is 75.4 cm³/mol. The third kappa shape index (κ3) is 3.42. The van der Waals surface area contributed by atoms with E-state index in [1.807, 2.05) is 26.0 Å². The highest BCUT2D eigenvalue weighted by molar-refractivity contribution is 7.15. The Balaban J connectivity index is 2.06. The molecule has 0 spiro atoms. The second-order valence-corrected chi connectivity index (χ2v) is 5.69. The van der Waals surface area contributed by atoms with Crippen molar-refractivity contribution in [2.24, 2.45) is 0 Å². The lowest BCUT2D eigenvalue weighted by Gasteiger charge is -2.10. The fraction of sp³-hybridized carbons (Fsp3) is 0.385. The summed E-state index contributed by atoms with van der Waals surface area (Å²) in [6, 6.07) is 5.78. The Kier molecular flexibility index (Phi) is 4.34. The van der Waals surface area contributed by atoms with Gasteiger partial charge in [-0.1, -0.05) is 0 Å². The molecule has 0 aliphatic rings. The number of aromatic nitrogens is 2. The monoisotopic (exact) mass is 279 g/mol. The van der Waals surface area contributed by atoms with Gasteiger partial charge in [-0.15, -0.1) is 11.3 Å². The standard InChI is InChI=1S/C13H17N3O2S/c1-8(7-18-3)14-13(17)11-6-10(15-16-11)12-5-4-9(2)19-12/h4-6,8H,7H2,1-3H3,(H,14,17)(H,15,16)/t8-/m1/s1. The fourth-order valence-electron chi connectivity index (χ4n) is 1.73. The lowest BCUT2D eigenvalue weighted by molar-refractivity contribution is 0.0900. The van der Waals surface area contributed by atoms with E-state index < -0.39 is 0 Å². The van der Waals surface area contributed by atoms with Crippen molar-refractivity contribution >= 4 is 17.2 Å². The SMILES string of the molecule is COC[C@@H](C)NC(=O)c1cc(-c2ccc(C)s2)[nH]n1. The van der Waals surface area contributed by atoms with E-state index in [0.717, 1.165) is 10.6 Å². The smallest absolute Gasteiger partial charge is 0.272 e. The number of nitrogens with zero attached hydrogens (tertiary/aromatic N) is 1. The Morgan fingerprint density at radius 3 is 3.00 bits per heavy atom. The van der Waals surface area contributed by atoms with Crippen molar-refractivity contribution in [2.75, 3.05) is 13.7 Å². The van der Waals surface area contributed by atoms with Crippen LogP contribution in [0.15, 0.2) is 18.2 Å². The first-order valence-electron chi connectivity index (χ1n) is 6.02. The van der Waals surface area contributed by atoms with Gasteiger partial charge >= 0.3 is 0 Å². The van der Waals surface area contributed by atoms with Crippen LogP contribution >= 0.6 is 11.3 Å². The number of hydrogen-bond acceptors (Lipinski definition) is 4. The molecule has 2 N–H and O–H groups in total. The molecule has 2 aromatic heterocycles. The van der Waals surface area contributed by atoms with Crippen LogP contribution in [0.5, 0.6) is 0 Å². The van der Waals surface area contributed by atoms with Crippen molar-refractivity contribution in [1.82, 2.24) is 15.5 Å². The van der Waals surface area contributed by atoms with E-state index in [2.05, 4.69) is 15.5 Å². The summed E-state index contributed by atoms with van der Waals surface area (Å²) < 4.78 is 4.98. The van der Waals surface area contributed by atoms with Crippen LogP contribution in [0.1, 0.15) is 22.3 Å². The molecule has 0 aliphatic carbocycles. The summed E-state index contributed by atoms with van der Waals surface area (Å²) in [7, 11) is 1.61. The number of carbonyl (C=O) groups is 1. The van der Waals surface area contributed by atoms with Crippen LogP contribution in [0, 0.1) is 6.92 Å². The summed E-state index contributed by atoms with van der Waals surface area (Å²) in [5.41, 5.74) is 1.26. The van der Waals surface area contributed by atoms with E-state index in [9.17, 15) is 4.79 Å². The van der Waals surface area contributed by atoms with E-state index in [1.165, 1.54) is 4.88 Å². The number of H-pyrrole nitrogens is 1. The molecule has 0 fully saturated rings. The molecule has 102 valence electrons. The zero-order valence-electron chi connectivity index (χ0n) is 11.2. The number of thiophene rings is 1. The summed E-state index contributed by atoms with van der Waals surface area (Å²) >= 11 is 1.66. The van der Waals surface area contributed by atoms with Crippen molar-refractivity contribution in [1.29, 1.82) is 0 Å². The quantitative estimate of drug-likeness (QED) is 0.882. The molecule has 1 amide bonds. The molecule has 0 unspecified atom stereocenters. The summed E-state index contributed by atoms with van der Waals surface area (Å²) in [5.74, 6) is -0.194. The molecule has 2 heterocycles. The fourth-order valence-corrected chi connectivity index (χ4v) is 2.57. The third-order valence-corrected chi connectivity index (χ3v) is 3.64. The first kappa shape index (κ1) is 13.8. The molecule has 0 bridgehead atoms. The van der Waals surface area contributed by atoms with Gasteiger partial charge in [0.05, 0.1) is 17.2 Å². The number of methoxy groups -OCH3 is 1. The largest absolute Gasteiger partial charge is 0.383 e. The molecule has 1 atom stereocenters. The molecule has 5 nitrogen and oxygen atoms in total. The molecule has 19 heavy (non-hydrogen) atoms. The van der Waals surface area contributed by atoms with Gasteiger partial charge in [-0.2, -0.15) is 5.10 Å². The number of aromatic amines is 1. The van der Waals surface area contributed by atoms with Crippen molar-refractivity contribution < 1.29 is 9.53 Å². The number of ether oxygens (including phenoxy) is 1. The van der Waals surface area contributed by atoms with Gasteiger partial charge < -0.3 is 10.1 Å². The van der Waals surface area contributed by atoms with E-state index in [1.54, 1.807) is 24.5 Å². The number of nitrogens with one attached hydrogen (secondary N) is 2. The van der Waals surface area contributed by atoms with Gasteiger partial charge in [-0.25, -0.2) is 0 Å². The molecule has 2 aromatic rings. The minimum Gasteiger partial charge on any atom is -0.383 e. The van der Waals surface area contributed by atoms with Crippen molar-refractivity contribution in [3.63, 3.8) is 0 Å². The Labute approximate surface area is 116 Å². The zero-order valence-corrected chi connectivity index (χ0v) is 12.0. The van der Waals surface area contributed by atoms with Gasteiger partial charge in [-0.3, -0.25) is 9.89 Å². The third-order valence-electron chi connectivity index (χ3n) is 2.61. The number of carbonyl (C=O) groups excluding carboxylic acids is 1. The lowest BCUT2D eigenvalue weighted by Crippen LogP contribution is -2.35. The summed E-state index contributed by atoms with van der Waals surface area (Å²) in [6.45, 7) is 4.41. The van der Waals surface area contributed by atoms with Crippen LogP contribution in [0.4, 0.5) is 0 Å². The maximum absolute atomic E-state index is 11.9. The average Bonchev–Trinajstić information content (AvgIpc) is 2.97. The molecular formula is C13H17N3O2S. The second-order valence-electron chi connectivity index (χ2n) is 4.41. The lowest BCUT2D eigenvalue weighted by atomic mass is 10.3. The predicted octanol–water partition coefficient (Wildman–Crippen LogP) is 2.21. The van der Waals surface area contributed by atoms with Crippen LogP contribution in [-0.2, 0) is 4.74 Å². The van der Waals surface area contributed by atoms with Gasteiger partial charge in [0.25, 0.3) is 5.91 Å². The molecule has 0 aliphatic heterocycles. The zero-order chi connectivity index (χ0) is 13.8. The van der Waals surface area contributed by atoms with Crippen molar-refractivity contribution in [2.45, 2.75) is 19.9 Å². The highest BCUT2D eigenvalue weighted by Crippen LogP contribution is 2.26. The highest BCUT2D eigenvalue weighted by Gasteiger charge is 2.14. The maximum Gasteiger partial charge on any atom is 0.272 e. The van der Waals surface area contributed by atoms with Crippen molar-refractivity contribution in [3.05, 3.63) is 28.8 Å². The summed E-state index contributed by atoms with van der Waals surface area (Å²) in [6.07, 6.45) is 0.